The molecular formula is C13H17N3O5. The van der Waals surface area contributed by atoms with E-state index in [1.54, 1.807) is 6.92 Å². The summed E-state index contributed by atoms with van der Waals surface area (Å²) in [5.41, 5.74) is -0.682. The summed E-state index contributed by atoms with van der Waals surface area (Å²) in [7, 11) is 0. The molecule has 114 valence electrons. The molecule has 0 radical (unpaired) electrons. The van der Waals surface area contributed by atoms with Crippen LogP contribution in [-0.4, -0.2) is 38.2 Å². The molecule has 0 unspecified atom stereocenters. The van der Waals surface area contributed by atoms with Gasteiger partial charge < -0.3 is 14.9 Å². The normalized spacial score (nSPS) is 25.0. The van der Waals surface area contributed by atoms with Gasteiger partial charge in [0.25, 0.3) is 5.56 Å². The molecule has 0 saturated carbocycles. The average Bonchev–Trinajstić information content (AvgIpc) is 2.84. The molecule has 0 amide bonds. The first-order chi connectivity index (χ1) is 9.99. The van der Waals surface area contributed by atoms with Crippen molar-refractivity contribution in [1.82, 2.24) is 9.13 Å². The van der Waals surface area contributed by atoms with Crippen LogP contribution in [0.3, 0.4) is 0 Å². The van der Waals surface area contributed by atoms with Crippen molar-refractivity contribution in [1.29, 1.82) is 5.26 Å². The average molecular weight is 295 g/mol. The number of nitrogens with zero attached hydrogens (tertiary/aromatic N) is 3. The predicted octanol–water partition coefficient (Wildman–Crippen LogP) is -1.13. The molecule has 1 saturated heterocycles. The van der Waals surface area contributed by atoms with Crippen LogP contribution in [0, 0.1) is 18.3 Å². The number of ether oxygens (including phenoxy) is 1. The highest BCUT2D eigenvalue weighted by molar-refractivity contribution is 5.04. The highest BCUT2D eigenvalue weighted by atomic mass is 16.5. The number of aliphatic hydroxyl groups excluding tert-OH is 2. The van der Waals surface area contributed by atoms with Gasteiger partial charge in [0.05, 0.1) is 25.2 Å². The molecule has 3 atom stereocenters. The maximum atomic E-state index is 12.3. The van der Waals surface area contributed by atoms with Crippen LogP contribution in [0.15, 0.2) is 15.8 Å². The van der Waals surface area contributed by atoms with E-state index in [0.29, 0.717) is 5.56 Å². The highest BCUT2D eigenvalue weighted by Crippen LogP contribution is 2.27. The van der Waals surface area contributed by atoms with Gasteiger partial charge in [0.15, 0.2) is 0 Å². The molecule has 1 fully saturated rings. The molecule has 0 aliphatic carbocycles. The molecule has 1 aromatic rings. The first-order valence-corrected chi connectivity index (χ1v) is 6.63. The fraction of sp³-hybridized carbons (Fsp3) is 0.615. The lowest BCUT2D eigenvalue weighted by Crippen LogP contribution is -2.42. The molecule has 8 nitrogen and oxygen atoms in total. The Morgan fingerprint density at radius 3 is 2.81 bits per heavy atom. The molecule has 0 aromatic carbocycles. The number of hydrogen-bond donors (Lipinski definition) is 2. The Labute approximate surface area is 120 Å². The zero-order chi connectivity index (χ0) is 15.6. The standard InChI is InChI=1S/C13H17N3O5/c1-8-6-16(11-5-9(18)10(7-17)21-11)13(20)15(12(8)19)4-2-3-14/h6,9-11,17-18H,2,4-5,7H2,1H3/t9-,10-,11-/m1/s1. The molecular weight excluding hydrogens is 278 g/mol. The fourth-order valence-electron chi connectivity index (χ4n) is 2.37. The molecule has 2 heterocycles. The molecule has 0 spiro atoms. The van der Waals surface area contributed by atoms with Gasteiger partial charge in [0, 0.05) is 24.7 Å². The monoisotopic (exact) mass is 295 g/mol. The summed E-state index contributed by atoms with van der Waals surface area (Å²) in [6.07, 6.45) is -0.775. The summed E-state index contributed by atoms with van der Waals surface area (Å²) in [5.74, 6) is 0. The third-order valence-corrected chi connectivity index (χ3v) is 3.51. The number of aromatic nitrogens is 2. The van der Waals surface area contributed by atoms with Gasteiger partial charge in [-0.1, -0.05) is 0 Å². The van der Waals surface area contributed by atoms with Crippen molar-refractivity contribution in [2.45, 2.75) is 44.7 Å². The lowest BCUT2D eigenvalue weighted by atomic mass is 10.2. The van der Waals surface area contributed by atoms with Crippen LogP contribution in [0.1, 0.15) is 24.6 Å². The predicted molar refractivity (Wildman–Crippen MR) is 71.5 cm³/mol. The minimum Gasteiger partial charge on any atom is -0.394 e. The lowest BCUT2D eigenvalue weighted by molar-refractivity contribution is -0.0463. The second-order valence-corrected chi connectivity index (χ2v) is 4.98. The number of rotatable bonds is 4. The van der Waals surface area contributed by atoms with Gasteiger partial charge in [-0.05, 0) is 6.92 Å². The molecule has 2 N–H and O–H groups in total. The van der Waals surface area contributed by atoms with Crippen molar-refractivity contribution in [3.63, 3.8) is 0 Å². The Bertz CT molecular complexity index is 672. The van der Waals surface area contributed by atoms with Crippen molar-refractivity contribution in [3.8, 4) is 6.07 Å². The zero-order valence-electron chi connectivity index (χ0n) is 11.6. The van der Waals surface area contributed by atoms with E-state index in [1.807, 2.05) is 6.07 Å². The Hall–Kier alpha value is -1.95. The van der Waals surface area contributed by atoms with E-state index in [-0.39, 0.29) is 26.0 Å². The van der Waals surface area contributed by atoms with Gasteiger partial charge in [-0.3, -0.25) is 13.9 Å². The maximum Gasteiger partial charge on any atom is 0.333 e. The molecule has 21 heavy (non-hydrogen) atoms. The highest BCUT2D eigenvalue weighted by Gasteiger charge is 2.35. The van der Waals surface area contributed by atoms with Gasteiger partial charge in [-0.2, -0.15) is 5.26 Å². The molecule has 1 aliphatic rings. The topological polar surface area (TPSA) is 117 Å². The van der Waals surface area contributed by atoms with Crippen molar-refractivity contribution >= 4 is 0 Å². The lowest BCUT2D eigenvalue weighted by Gasteiger charge is -2.17. The number of aliphatic hydroxyl groups is 2. The summed E-state index contributed by atoms with van der Waals surface area (Å²) in [4.78, 5) is 24.3. The largest absolute Gasteiger partial charge is 0.394 e. The van der Waals surface area contributed by atoms with Crippen LogP contribution in [0.4, 0.5) is 0 Å². The summed E-state index contributed by atoms with van der Waals surface area (Å²) >= 11 is 0. The van der Waals surface area contributed by atoms with Crippen LogP contribution in [-0.2, 0) is 11.3 Å². The van der Waals surface area contributed by atoms with Crippen molar-refractivity contribution in [3.05, 3.63) is 32.6 Å². The summed E-state index contributed by atoms with van der Waals surface area (Å²) < 4.78 is 7.64. The van der Waals surface area contributed by atoms with Crippen molar-refractivity contribution in [2.75, 3.05) is 6.61 Å². The van der Waals surface area contributed by atoms with Crippen LogP contribution in [0.2, 0.25) is 0 Å². The first kappa shape index (κ1) is 15.4. The van der Waals surface area contributed by atoms with E-state index >= 15 is 0 Å². The second-order valence-electron chi connectivity index (χ2n) is 4.98. The Morgan fingerprint density at radius 2 is 2.24 bits per heavy atom. The number of nitriles is 1. The van der Waals surface area contributed by atoms with Gasteiger partial charge >= 0.3 is 5.69 Å². The molecule has 1 aliphatic heterocycles. The smallest absolute Gasteiger partial charge is 0.333 e. The van der Waals surface area contributed by atoms with Gasteiger partial charge in [0.1, 0.15) is 12.3 Å². The zero-order valence-corrected chi connectivity index (χ0v) is 11.6. The van der Waals surface area contributed by atoms with E-state index in [4.69, 9.17) is 15.1 Å². The summed E-state index contributed by atoms with van der Waals surface area (Å²) in [5, 5.41) is 27.4. The second kappa shape index (κ2) is 6.22. The van der Waals surface area contributed by atoms with E-state index in [1.165, 1.54) is 10.8 Å². The Balaban J connectivity index is 2.42. The summed E-state index contributed by atoms with van der Waals surface area (Å²) in [6.45, 7) is 1.23. The third-order valence-electron chi connectivity index (χ3n) is 3.51. The minimum atomic E-state index is -0.869. The first-order valence-electron chi connectivity index (χ1n) is 6.63. The van der Waals surface area contributed by atoms with Crippen molar-refractivity contribution in [2.24, 2.45) is 0 Å². The van der Waals surface area contributed by atoms with Gasteiger partial charge in [-0.15, -0.1) is 0 Å². The third kappa shape index (κ3) is 2.90. The number of hydrogen-bond acceptors (Lipinski definition) is 6. The van der Waals surface area contributed by atoms with Gasteiger partial charge in [-0.25, -0.2) is 4.79 Å². The van der Waals surface area contributed by atoms with E-state index < -0.39 is 29.7 Å². The van der Waals surface area contributed by atoms with Crippen LogP contribution in [0.5, 0.6) is 0 Å². The molecule has 1 aromatic heterocycles. The minimum absolute atomic E-state index is 0.00848. The SMILES string of the molecule is Cc1cn([C@H]2C[C@@H](O)[C@@H](CO)O2)c(=O)n(CCC#N)c1=O. The van der Waals surface area contributed by atoms with E-state index in [9.17, 15) is 14.7 Å². The van der Waals surface area contributed by atoms with Crippen LogP contribution in [0.25, 0.3) is 0 Å². The quantitative estimate of drug-likeness (QED) is 0.726. The van der Waals surface area contributed by atoms with Gasteiger partial charge in [0.2, 0.25) is 0 Å². The van der Waals surface area contributed by atoms with E-state index in [0.717, 1.165) is 4.57 Å². The fourth-order valence-corrected chi connectivity index (χ4v) is 2.37. The van der Waals surface area contributed by atoms with Crippen LogP contribution >= 0.6 is 0 Å². The maximum absolute atomic E-state index is 12.3. The van der Waals surface area contributed by atoms with Crippen LogP contribution < -0.4 is 11.2 Å². The molecule has 8 heteroatoms. The molecule has 2 rings (SSSR count). The Morgan fingerprint density at radius 1 is 1.52 bits per heavy atom. The van der Waals surface area contributed by atoms with Crippen molar-refractivity contribution < 1.29 is 14.9 Å². The van der Waals surface area contributed by atoms with E-state index in [2.05, 4.69) is 0 Å². The Kier molecular flexibility index (Phi) is 4.57. The summed E-state index contributed by atoms with van der Waals surface area (Å²) in [6, 6.07) is 1.89. The molecule has 0 bridgehead atoms. The number of aryl methyl sites for hydroxylation is 1.